The van der Waals surface area contributed by atoms with E-state index in [-0.39, 0.29) is 22.9 Å². The molecular weight excluding hydrogens is 242 g/mol. The Kier molecular flexibility index (Phi) is 2.49. The molecule has 0 saturated heterocycles. The molecule has 1 aromatic carbocycles. The molecule has 98 valence electrons. The number of Topliss-reactive ketones (excluding diaryl/α,β-unsaturated/α-hetero) is 1. The number of benzene rings is 1. The van der Waals surface area contributed by atoms with E-state index in [1.165, 1.54) is 6.92 Å². The molecule has 2 heterocycles. The van der Waals surface area contributed by atoms with E-state index in [9.17, 15) is 14.7 Å². The number of hydrogen-bond acceptors (Lipinski definition) is 3. The number of ketones is 1. The zero-order chi connectivity index (χ0) is 13.7. The van der Waals surface area contributed by atoms with Gasteiger partial charge in [0.15, 0.2) is 5.78 Å². The highest BCUT2D eigenvalue weighted by Gasteiger charge is 2.25. The van der Waals surface area contributed by atoms with Gasteiger partial charge >= 0.3 is 0 Å². The van der Waals surface area contributed by atoms with Gasteiger partial charge in [-0.3, -0.25) is 9.59 Å². The number of aromatic nitrogens is 1. The van der Waals surface area contributed by atoms with Crippen molar-refractivity contribution in [3.63, 3.8) is 0 Å². The smallest absolute Gasteiger partial charge is 0.265 e. The van der Waals surface area contributed by atoms with Gasteiger partial charge in [-0.05, 0) is 38.3 Å². The monoisotopic (exact) mass is 257 g/mol. The van der Waals surface area contributed by atoms with Crippen LogP contribution >= 0.6 is 0 Å². The second-order valence-electron chi connectivity index (χ2n) is 5.16. The molecule has 1 aromatic heterocycles. The number of carbonyl (C=O) groups excluding carboxylic acids is 1. The molecule has 0 bridgehead atoms. The first-order valence-corrected chi connectivity index (χ1v) is 6.42. The maximum Gasteiger partial charge on any atom is 0.265 e. The normalized spacial score (nSPS) is 17.7. The molecule has 0 unspecified atom stereocenters. The summed E-state index contributed by atoms with van der Waals surface area (Å²) in [4.78, 5) is 24.1. The minimum atomic E-state index is -0.392. The number of carbonyl (C=O) groups is 1. The van der Waals surface area contributed by atoms with Crippen molar-refractivity contribution in [2.75, 3.05) is 0 Å². The molecule has 4 nitrogen and oxygen atoms in total. The van der Waals surface area contributed by atoms with Crippen LogP contribution in [0, 0.1) is 0 Å². The molecule has 0 aliphatic carbocycles. The van der Waals surface area contributed by atoms with Gasteiger partial charge in [0.25, 0.3) is 5.56 Å². The molecule has 1 atom stereocenters. The molecule has 0 radical (unpaired) electrons. The summed E-state index contributed by atoms with van der Waals surface area (Å²) in [6, 6.07) is 5.63. The first-order valence-electron chi connectivity index (χ1n) is 6.42. The van der Waals surface area contributed by atoms with Gasteiger partial charge in [0, 0.05) is 11.4 Å². The number of rotatable bonds is 1. The van der Waals surface area contributed by atoms with Gasteiger partial charge in [-0.2, -0.15) is 0 Å². The first-order chi connectivity index (χ1) is 9.02. The Balaban J connectivity index is 2.59. The van der Waals surface area contributed by atoms with Gasteiger partial charge in [0.2, 0.25) is 0 Å². The Bertz CT molecular complexity index is 758. The van der Waals surface area contributed by atoms with E-state index in [0.29, 0.717) is 5.39 Å². The molecule has 0 fully saturated rings. The highest BCUT2D eigenvalue weighted by molar-refractivity contribution is 6.02. The molecular formula is C15H15NO3. The van der Waals surface area contributed by atoms with Crippen molar-refractivity contribution in [3.8, 4) is 5.75 Å². The Morgan fingerprint density at radius 1 is 1.42 bits per heavy atom. The third-order valence-corrected chi connectivity index (χ3v) is 3.91. The van der Waals surface area contributed by atoms with Crippen LogP contribution in [-0.2, 0) is 6.42 Å². The second kappa shape index (κ2) is 3.95. The van der Waals surface area contributed by atoms with E-state index >= 15 is 0 Å². The fraction of sp³-hybridized carbons (Fsp3) is 0.333. The highest BCUT2D eigenvalue weighted by atomic mass is 16.3. The van der Waals surface area contributed by atoms with Crippen LogP contribution in [0.1, 0.15) is 42.2 Å². The van der Waals surface area contributed by atoms with E-state index in [1.54, 1.807) is 10.6 Å². The number of para-hydroxylation sites is 1. The summed E-state index contributed by atoms with van der Waals surface area (Å²) in [5.41, 5.74) is 1.35. The standard InChI is InChI=1S/C15H15NO3/c1-8-6-7-10-4-3-5-11-13(10)16(8)15(19)12(9(2)17)14(11)18/h3-5,8,18H,6-7H2,1-2H3/t8-/m0/s1. The average molecular weight is 257 g/mol. The summed E-state index contributed by atoms with van der Waals surface area (Å²) < 4.78 is 1.66. The van der Waals surface area contributed by atoms with Crippen molar-refractivity contribution in [1.29, 1.82) is 0 Å². The Hall–Kier alpha value is -2.10. The van der Waals surface area contributed by atoms with Crippen LogP contribution in [0.4, 0.5) is 0 Å². The van der Waals surface area contributed by atoms with E-state index in [1.807, 2.05) is 19.1 Å². The summed E-state index contributed by atoms with van der Waals surface area (Å²) in [5, 5.41) is 10.8. The Labute approximate surface area is 110 Å². The lowest BCUT2D eigenvalue weighted by Crippen LogP contribution is -2.31. The first kappa shape index (κ1) is 12.0. The van der Waals surface area contributed by atoms with Gasteiger partial charge in [0.1, 0.15) is 11.3 Å². The van der Waals surface area contributed by atoms with Crippen LogP contribution in [0.25, 0.3) is 10.9 Å². The summed E-state index contributed by atoms with van der Waals surface area (Å²) in [7, 11) is 0. The maximum atomic E-state index is 12.5. The topological polar surface area (TPSA) is 59.3 Å². The molecule has 3 rings (SSSR count). The van der Waals surface area contributed by atoms with Gasteiger partial charge < -0.3 is 9.67 Å². The molecule has 1 aliphatic heterocycles. The van der Waals surface area contributed by atoms with Crippen molar-refractivity contribution in [3.05, 3.63) is 39.7 Å². The molecule has 1 N–H and O–H groups in total. The molecule has 2 aromatic rings. The zero-order valence-electron chi connectivity index (χ0n) is 10.9. The fourth-order valence-corrected chi connectivity index (χ4v) is 2.96. The molecule has 0 amide bonds. The minimum absolute atomic E-state index is 0.0450. The number of nitrogens with zero attached hydrogens (tertiary/aromatic N) is 1. The highest BCUT2D eigenvalue weighted by Crippen LogP contribution is 2.34. The number of aromatic hydroxyl groups is 1. The zero-order valence-corrected chi connectivity index (χ0v) is 10.9. The van der Waals surface area contributed by atoms with Crippen molar-refractivity contribution in [2.24, 2.45) is 0 Å². The maximum absolute atomic E-state index is 12.5. The Morgan fingerprint density at radius 2 is 2.16 bits per heavy atom. The predicted octanol–water partition coefficient (Wildman–Crippen LogP) is 2.42. The lowest BCUT2D eigenvalue weighted by molar-refractivity contribution is 0.101. The summed E-state index contributed by atoms with van der Waals surface area (Å²) in [6.07, 6.45) is 1.75. The van der Waals surface area contributed by atoms with Crippen LogP contribution in [0.2, 0.25) is 0 Å². The van der Waals surface area contributed by atoms with Crippen molar-refractivity contribution >= 4 is 16.7 Å². The third kappa shape index (κ3) is 1.52. The van der Waals surface area contributed by atoms with E-state index in [0.717, 1.165) is 23.9 Å². The third-order valence-electron chi connectivity index (χ3n) is 3.91. The van der Waals surface area contributed by atoms with Crippen LogP contribution in [0.15, 0.2) is 23.0 Å². The van der Waals surface area contributed by atoms with Gasteiger partial charge in [0.05, 0.1) is 5.52 Å². The van der Waals surface area contributed by atoms with Crippen LogP contribution in [-0.4, -0.2) is 15.5 Å². The van der Waals surface area contributed by atoms with Crippen molar-refractivity contribution < 1.29 is 9.90 Å². The predicted molar refractivity (Wildman–Crippen MR) is 72.9 cm³/mol. The second-order valence-corrected chi connectivity index (χ2v) is 5.16. The Morgan fingerprint density at radius 3 is 2.84 bits per heavy atom. The SMILES string of the molecule is CC(=O)c1c(O)c2cccc3c2n(c1=O)[C@@H](C)CC3. The average Bonchev–Trinajstić information content (AvgIpc) is 2.36. The number of aryl methyl sites for hydroxylation is 1. The van der Waals surface area contributed by atoms with Gasteiger partial charge in [-0.1, -0.05) is 12.1 Å². The minimum Gasteiger partial charge on any atom is -0.506 e. The number of hydrogen-bond donors (Lipinski definition) is 1. The molecule has 19 heavy (non-hydrogen) atoms. The molecule has 4 heteroatoms. The quantitative estimate of drug-likeness (QED) is 0.798. The van der Waals surface area contributed by atoms with E-state index < -0.39 is 5.78 Å². The van der Waals surface area contributed by atoms with E-state index in [4.69, 9.17) is 0 Å². The summed E-state index contributed by atoms with van der Waals surface area (Å²) in [6.45, 7) is 3.28. The summed E-state index contributed by atoms with van der Waals surface area (Å²) in [5.74, 6) is -0.573. The largest absolute Gasteiger partial charge is 0.506 e. The van der Waals surface area contributed by atoms with Gasteiger partial charge in [-0.15, -0.1) is 0 Å². The lowest BCUT2D eigenvalue weighted by atomic mass is 9.95. The molecule has 0 saturated carbocycles. The number of pyridine rings is 1. The van der Waals surface area contributed by atoms with Gasteiger partial charge in [-0.25, -0.2) is 0 Å². The van der Waals surface area contributed by atoms with Crippen LogP contribution in [0.3, 0.4) is 0 Å². The van der Waals surface area contributed by atoms with Crippen molar-refractivity contribution in [1.82, 2.24) is 4.57 Å². The molecule has 1 aliphatic rings. The van der Waals surface area contributed by atoms with Crippen LogP contribution in [0.5, 0.6) is 5.75 Å². The van der Waals surface area contributed by atoms with E-state index in [2.05, 4.69) is 0 Å². The fourth-order valence-electron chi connectivity index (χ4n) is 2.96. The summed E-state index contributed by atoms with van der Waals surface area (Å²) >= 11 is 0. The molecule has 0 spiro atoms. The lowest BCUT2D eigenvalue weighted by Gasteiger charge is -2.26. The van der Waals surface area contributed by atoms with Crippen molar-refractivity contribution in [2.45, 2.75) is 32.7 Å². The van der Waals surface area contributed by atoms with Crippen LogP contribution < -0.4 is 5.56 Å².